The van der Waals surface area contributed by atoms with Crippen LogP contribution in [0.15, 0.2) is 18.2 Å². The van der Waals surface area contributed by atoms with Crippen molar-refractivity contribution < 1.29 is 26.7 Å². The van der Waals surface area contributed by atoms with Crippen LogP contribution >= 0.6 is 11.6 Å². The average Bonchev–Trinajstić information content (AvgIpc) is 3.20. The number of likely N-dealkylation sites (N-methyl/N-ethyl adjacent to an activating group) is 1. The van der Waals surface area contributed by atoms with E-state index in [1.54, 1.807) is 11.9 Å². The molecule has 2 aromatic rings. The van der Waals surface area contributed by atoms with Gasteiger partial charge in [-0.2, -0.15) is 0 Å². The van der Waals surface area contributed by atoms with Crippen LogP contribution in [0.1, 0.15) is 28.8 Å². The number of fused-ring (bicyclic) bond motifs is 1. The van der Waals surface area contributed by atoms with Crippen LogP contribution in [0.5, 0.6) is 0 Å². The summed E-state index contributed by atoms with van der Waals surface area (Å²) in [6.45, 7) is 3.03. The van der Waals surface area contributed by atoms with Gasteiger partial charge in [-0.1, -0.05) is 18.2 Å². The standard InChI is InChI=1S/C21H26ClF5N6.CH2O/c1-28-11-21(26,27)12-32(2)6-7-33-9-15-16(10-33)30-20(22)31-19(15)29-8-13-4-3-5-14(17(13)23)18(24)25;1-2/h3-5,18,28H,6-12H2,1-2H3,(H,29,30,31);1H2. The monoisotopic (exact) mass is 522 g/mol. The van der Waals surface area contributed by atoms with E-state index in [0.717, 1.165) is 11.6 Å². The first-order valence-electron chi connectivity index (χ1n) is 10.7. The van der Waals surface area contributed by atoms with Gasteiger partial charge in [-0.05, 0) is 25.7 Å². The van der Waals surface area contributed by atoms with Crippen LogP contribution in [0.3, 0.4) is 0 Å². The van der Waals surface area contributed by atoms with Crippen molar-refractivity contribution in [2.24, 2.45) is 0 Å². The maximum atomic E-state index is 14.3. The number of carbonyl (C=O) groups excluding carboxylic acids is 1. The average molecular weight is 523 g/mol. The Morgan fingerprint density at radius 2 is 1.97 bits per heavy atom. The van der Waals surface area contributed by atoms with Gasteiger partial charge in [0.2, 0.25) is 5.28 Å². The number of hydrogen-bond donors (Lipinski definition) is 2. The molecular formula is C22H28ClF5N6O. The van der Waals surface area contributed by atoms with Gasteiger partial charge in [0, 0.05) is 43.9 Å². The molecule has 0 amide bonds. The molecule has 0 radical (unpaired) electrons. The van der Waals surface area contributed by atoms with Crippen molar-refractivity contribution in [3.8, 4) is 0 Å². The molecule has 0 saturated heterocycles. The third-order valence-electron chi connectivity index (χ3n) is 5.35. The number of anilines is 1. The lowest BCUT2D eigenvalue weighted by Gasteiger charge is -2.25. The predicted molar refractivity (Wildman–Crippen MR) is 123 cm³/mol. The fraction of sp³-hybridized carbons (Fsp3) is 0.500. The van der Waals surface area contributed by atoms with E-state index < -0.39 is 30.3 Å². The Balaban J connectivity index is 0.00000210. The Morgan fingerprint density at radius 3 is 2.63 bits per heavy atom. The Bertz CT molecular complexity index is 984. The summed E-state index contributed by atoms with van der Waals surface area (Å²) < 4.78 is 67.8. The highest BCUT2D eigenvalue weighted by Crippen LogP contribution is 2.29. The molecule has 3 rings (SSSR count). The van der Waals surface area contributed by atoms with Gasteiger partial charge in [0.25, 0.3) is 12.3 Å². The van der Waals surface area contributed by atoms with Crippen LogP contribution in [-0.2, 0) is 24.4 Å². The molecule has 194 valence electrons. The molecule has 0 bridgehead atoms. The maximum Gasteiger partial charge on any atom is 0.272 e. The molecule has 0 atom stereocenters. The van der Waals surface area contributed by atoms with Crippen molar-refractivity contribution in [2.45, 2.75) is 32.0 Å². The molecule has 1 aliphatic heterocycles. The van der Waals surface area contributed by atoms with Crippen LogP contribution in [0.2, 0.25) is 5.28 Å². The molecule has 0 saturated carbocycles. The van der Waals surface area contributed by atoms with Gasteiger partial charge in [0.15, 0.2) is 0 Å². The highest BCUT2D eigenvalue weighted by molar-refractivity contribution is 6.28. The van der Waals surface area contributed by atoms with Gasteiger partial charge in [-0.3, -0.25) is 9.80 Å². The number of aromatic nitrogens is 2. The largest absolute Gasteiger partial charge is 0.365 e. The van der Waals surface area contributed by atoms with Crippen LogP contribution < -0.4 is 10.6 Å². The Kier molecular flexibility index (Phi) is 10.7. The summed E-state index contributed by atoms with van der Waals surface area (Å²) in [5.41, 5.74) is 0.863. The summed E-state index contributed by atoms with van der Waals surface area (Å²) in [6.07, 6.45) is -2.91. The fourth-order valence-electron chi connectivity index (χ4n) is 3.78. The van der Waals surface area contributed by atoms with Gasteiger partial charge in [0.05, 0.1) is 24.3 Å². The molecular weight excluding hydrogens is 495 g/mol. The zero-order valence-electron chi connectivity index (χ0n) is 19.4. The van der Waals surface area contributed by atoms with E-state index in [-0.39, 0.29) is 23.9 Å². The number of carbonyl (C=O) groups is 1. The van der Waals surface area contributed by atoms with Crippen LogP contribution in [-0.4, -0.2) is 72.8 Å². The molecule has 0 aliphatic carbocycles. The van der Waals surface area contributed by atoms with E-state index in [2.05, 4.69) is 20.6 Å². The molecule has 13 heteroatoms. The van der Waals surface area contributed by atoms with Crippen molar-refractivity contribution in [1.82, 2.24) is 25.1 Å². The minimum Gasteiger partial charge on any atom is -0.365 e. The number of alkyl halides is 4. The summed E-state index contributed by atoms with van der Waals surface area (Å²) >= 11 is 6.03. The van der Waals surface area contributed by atoms with E-state index in [1.807, 2.05) is 11.7 Å². The smallest absolute Gasteiger partial charge is 0.272 e. The highest BCUT2D eigenvalue weighted by atomic mass is 35.5. The number of nitrogens with zero attached hydrogens (tertiary/aromatic N) is 4. The van der Waals surface area contributed by atoms with Crippen molar-refractivity contribution in [1.29, 1.82) is 0 Å². The molecule has 0 fully saturated rings. The van der Waals surface area contributed by atoms with Crippen LogP contribution in [0.4, 0.5) is 27.8 Å². The molecule has 0 spiro atoms. The molecule has 2 heterocycles. The quantitative estimate of drug-likeness (QED) is 0.344. The number of nitrogens with one attached hydrogen (secondary N) is 2. The normalized spacial score (nSPS) is 13.7. The lowest BCUT2D eigenvalue weighted by atomic mass is 10.1. The minimum absolute atomic E-state index is 0.00345. The second-order valence-corrected chi connectivity index (χ2v) is 8.41. The van der Waals surface area contributed by atoms with Gasteiger partial charge in [-0.25, -0.2) is 31.9 Å². The summed E-state index contributed by atoms with van der Waals surface area (Å²) in [4.78, 5) is 20.0. The van der Waals surface area contributed by atoms with Crippen molar-refractivity contribution in [3.63, 3.8) is 0 Å². The van der Waals surface area contributed by atoms with E-state index in [9.17, 15) is 22.0 Å². The second-order valence-electron chi connectivity index (χ2n) is 8.08. The lowest BCUT2D eigenvalue weighted by Crippen LogP contribution is -2.43. The Labute approximate surface area is 205 Å². The van der Waals surface area contributed by atoms with Crippen molar-refractivity contribution >= 4 is 24.2 Å². The first kappa shape index (κ1) is 28.8. The van der Waals surface area contributed by atoms with Crippen LogP contribution in [0.25, 0.3) is 0 Å². The summed E-state index contributed by atoms with van der Waals surface area (Å²) in [6, 6.07) is 3.84. The molecule has 0 unspecified atom stereocenters. The molecule has 2 N–H and O–H groups in total. The molecule has 1 aliphatic rings. The van der Waals surface area contributed by atoms with Crippen molar-refractivity contribution in [3.05, 3.63) is 51.7 Å². The molecule has 1 aromatic heterocycles. The van der Waals surface area contributed by atoms with Gasteiger partial charge >= 0.3 is 0 Å². The second kappa shape index (κ2) is 13.1. The first-order chi connectivity index (χ1) is 16.6. The molecule has 7 nitrogen and oxygen atoms in total. The van der Waals surface area contributed by atoms with Crippen LogP contribution in [0, 0.1) is 5.82 Å². The topological polar surface area (TPSA) is 73.4 Å². The van der Waals surface area contributed by atoms with E-state index in [1.165, 1.54) is 19.2 Å². The third kappa shape index (κ3) is 8.06. The minimum atomic E-state index is -2.91. The van der Waals surface area contributed by atoms with E-state index >= 15 is 0 Å². The van der Waals surface area contributed by atoms with E-state index in [0.29, 0.717) is 37.7 Å². The fourth-order valence-corrected chi connectivity index (χ4v) is 3.96. The number of benzene rings is 1. The van der Waals surface area contributed by atoms with Gasteiger partial charge in [0.1, 0.15) is 18.4 Å². The maximum absolute atomic E-state index is 14.3. The summed E-state index contributed by atoms with van der Waals surface area (Å²) in [7, 11) is 3.12. The Morgan fingerprint density at radius 1 is 1.26 bits per heavy atom. The first-order valence-corrected chi connectivity index (χ1v) is 11.0. The van der Waals surface area contributed by atoms with E-state index in [4.69, 9.17) is 16.4 Å². The SMILES string of the molecule is C=O.CNCC(F)(F)CN(C)CCN1Cc2nc(Cl)nc(NCc3cccc(C(F)F)c3F)c2C1. The summed E-state index contributed by atoms with van der Waals surface area (Å²) in [5.74, 6) is -3.40. The molecule has 35 heavy (non-hydrogen) atoms. The van der Waals surface area contributed by atoms with Crippen molar-refractivity contribution in [2.75, 3.05) is 45.6 Å². The zero-order chi connectivity index (χ0) is 26.2. The predicted octanol–water partition coefficient (Wildman–Crippen LogP) is 3.74. The van der Waals surface area contributed by atoms with Gasteiger partial charge < -0.3 is 15.4 Å². The lowest BCUT2D eigenvalue weighted by molar-refractivity contribution is -0.0980. The molecule has 1 aromatic carbocycles. The number of rotatable bonds is 11. The number of hydrogen-bond acceptors (Lipinski definition) is 7. The number of halogens is 6. The Hall–Kier alpha value is -2.41. The van der Waals surface area contributed by atoms with Gasteiger partial charge in [-0.15, -0.1) is 0 Å². The third-order valence-corrected chi connectivity index (χ3v) is 5.51. The zero-order valence-corrected chi connectivity index (χ0v) is 20.2. The summed E-state index contributed by atoms with van der Waals surface area (Å²) in [5, 5.41) is 5.47. The highest BCUT2D eigenvalue weighted by Gasteiger charge is 2.30.